The first kappa shape index (κ1) is 19.6. The van der Waals surface area contributed by atoms with Crippen molar-refractivity contribution in [1.29, 1.82) is 0 Å². The number of nitrogens with zero attached hydrogens (tertiary/aromatic N) is 3. The predicted molar refractivity (Wildman–Crippen MR) is 101 cm³/mol. The van der Waals surface area contributed by atoms with Crippen LogP contribution in [-0.4, -0.2) is 85.0 Å². The highest BCUT2D eigenvalue weighted by molar-refractivity contribution is 5.82. The average Bonchev–Trinajstić information content (AvgIpc) is 3.17. The van der Waals surface area contributed by atoms with E-state index < -0.39 is 0 Å². The summed E-state index contributed by atoms with van der Waals surface area (Å²) in [5, 5.41) is 0. The minimum atomic E-state index is -0.00190. The van der Waals surface area contributed by atoms with Gasteiger partial charge in [0.25, 0.3) is 0 Å². The fraction of sp³-hybridized carbons (Fsp3) is 0.900. The molecule has 6 heteroatoms. The van der Waals surface area contributed by atoms with E-state index in [1.807, 2.05) is 9.80 Å². The zero-order chi connectivity index (χ0) is 18.5. The van der Waals surface area contributed by atoms with Crippen LogP contribution in [0.25, 0.3) is 0 Å². The molecule has 0 radical (unpaired) electrons. The molecule has 1 saturated carbocycles. The Kier molecular flexibility index (Phi) is 6.92. The van der Waals surface area contributed by atoms with Crippen LogP contribution in [0.1, 0.15) is 46.0 Å². The monoisotopic (exact) mass is 365 g/mol. The van der Waals surface area contributed by atoms with Gasteiger partial charge < -0.3 is 14.5 Å². The van der Waals surface area contributed by atoms with Crippen molar-refractivity contribution in [2.45, 2.75) is 52.0 Å². The summed E-state index contributed by atoms with van der Waals surface area (Å²) in [7, 11) is 0. The Morgan fingerprint density at radius 1 is 0.923 bits per heavy atom. The molecule has 2 amide bonds. The van der Waals surface area contributed by atoms with Gasteiger partial charge in [-0.15, -0.1) is 0 Å². The van der Waals surface area contributed by atoms with E-state index in [4.69, 9.17) is 4.74 Å². The third kappa shape index (κ3) is 4.77. The van der Waals surface area contributed by atoms with Gasteiger partial charge in [-0.3, -0.25) is 14.5 Å². The summed E-state index contributed by atoms with van der Waals surface area (Å²) in [6.45, 7) is 10.1. The summed E-state index contributed by atoms with van der Waals surface area (Å²) < 4.78 is 5.42. The van der Waals surface area contributed by atoms with E-state index in [0.29, 0.717) is 37.4 Å². The number of ether oxygens (including phenoxy) is 1. The first-order chi connectivity index (χ1) is 12.6. The molecule has 3 fully saturated rings. The summed E-state index contributed by atoms with van der Waals surface area (Å²) in [6.07, 6.45) is 5.42. The van der Waals surface area contributed by atoms with E-state index >= 15 is 0 Å². The molecule has 2 aliphatic heterocycles. The molecule has 0 aromatic heterocycles. The number of amides is 2. The van der Waals surface area contributed by atoms with Crippen LogP contribution in [0.5, 0.6) is 0 Å². The SMILES string of the molecule is CC(C)CC(=O)N1CCN([C@@H](C(=O)N2CCOCC2)C2CCCC2)CC1. The molecule has 3 rings (SSSR count). The van der Waals surface area contributed by atoms with Gasteiger partial charge in [0.1, 0.15) is 0 Å². The van der Waals surface area contributed by atoms with Crippen LogP contribution < -0.4 is 0 Å². The van der Waals surface area contributed by atoms with Gasteiger partial charge in [-0.1, -0.05) is 26.7 Å². The molecule has 0 spiro atoms. The summed E-state index contributed by atoms with van der Waals surface area (Å²) in [6, 6.07) is -0.00190. The van der Waals surface area contributed by atoms with E-state index in [9.17, 15) is 9.59 Å². The lowest BCUT2D eigenvalue weighted by molar-refractivity contribution is -0.145. The Hall–Kier alpha value is -1.14. The Balaban J connectivity index is 1.62. The molecule has 0 bridgehead atoms. The average molecular weight is 366 g/mol. The van der Waals surface area contributed by atoms with Crippen LogP contribution in [0.3, 0.4) is 0 Å². The predicted octanol–water partition coefficient (Wildman–Crippen LogP) is 1.59. The van der Waals surface area contributed by atoms with Crippen LogP contribution in [0.15, 0.2) is 0 Å². The molecule has 3 aliphatic rings. The smallest absolute Gasteiger partial charge is 0.240 e. The zero-order valence-electron chi connectivity index (χ0n) is 16.5. The second-order valence-electron chi connectivity index (χ2n) is 8.44. The molecule has 26 heavy (non-hydrogen) atoms. The second kappa shape index (κ2) is 9.18. The van der Waals surface area contributed by atoms with Crippen molar-refractivity contribution < 1.29 is 14.3 Å². The highest BCUT2D eigenvalue weighted by Crippen LogP contribution is 2.32. The van der Waals surface area contributed by atoms with Gasteiger partial charge in [-0.2, -0.15) is 0 Å². The maximum absolute atomic E-state index is 13.3. The van der Waals surface area contributed by atoms with Crippen LogP contribution in [0.4, 0.5) is 0 Å². The van der Waals surface area contributed by atoms with E-state index in [-0.39, 0.29) is 11.9 Å². The molecule has 148 valence electrons. The first-order valence-electron chi connectivity index (χ1n) is 10.4. The molecule has 1 aliphatic carbocycles. The highest BCUT2D eigenvalue weighted by Gasteiger charge is 2.39. The topological polar surface area (TPSA) is 53.1 Å². The highest BCUT2D eigenvalue weighted by atomic mass is 16.5. The van der Waals surface area contributed by atoms with Gasteiger partial charge in [0.15, 0.2) is 0 Å². The first-order valence-corrected chi connectivity index (χ1v) is 10.4. The van der Waals surface area contributed by atoms with Crippen molar-refractivity contribution in [3.8, 4) is 0 Å². The maximum Gasteiger partial charge on any atom is 0.240 e. The van der Waals surface area contributed by atoms with Crippen molar-refractivity contribution in [3.05, 3.63) is 0 Å². The Labute approximate surface area is 157 Å². The van der Waals surface area contributed by atoms with Crippen molar-refractivity contribution in [2.75, 3.05) is 52.5 Å². The molecule has 0 unspecified atom stereocenters. The quantitative estimate of drug-likeness (QED) is 0.743. The number of hydrogen-bond acceptors (Lipinski definition) is 4. The number of rotatable bonds is 5. The number of hydrogen-bond donors (Lipinski definition) is 0. The Morgan fingerprint density at radius 3 is 2.12 bits per heavy atom. The molecule has 1 atom stereocenters. The van der Waals surface area contributed by atoms with Crippen LogP contribution in [0.2, 0.25) is 0 Å². The molecular formula is C20H35N3O3. The lowest BCUT2D eigenvalue weighted by Crippen LogP contribution is -2.59. The van der Waals surface area contributed by atoms with Crippen LogP contribution in [0, 0.1) is 11.8 Å². The number of carbonyl (C=O) groups is 2. The van der Waals surface area contributed by atoms with Crippen molar-refractivity contribution >= 4 is 11.8 Å². The number of morpholine rings is 1. The molecule has 2 heterocycles. The van der Waals surface area contributed by atoms with Crippen molar-refractivity contribution in [1.82, 2.24) is 14.7 Å². The third-order valence-corrected chi connectivity index (χ3v) is 6.07. The normalized spacial score (nSPS) is 24.3. The Bertz CT molecular complexity index is 477. The molecule has 0 aromatic rings. The number of carbonyl (C=O) groups excluding carboxylic acids is 2. The van der Waals surface area contributed by atoms with Gasteiger partial charge >= 0.3 is 0 Å². The summed E-state index contributed by atoms with van der Waals surface area (Å²) in [5.74, 6) is 1.43. The van der Waals surface area contributed by atoms with Gasteiger partial charge in [0, 0.05) is 45.7 Å². The minimum Gasteiger partial charge on any atom is -0.378 e. The maximum atomic E-state index is 13.3. The Morgan fingerprint density at radius 2 is 1.54 bits per heavy atom. The fourth-order valence-corrected chi connectivity index (χ4v) is 4.63. The molecular weight excluding hydrogens is 330 g/mol. The van der Waals surface area contributed by atoms with Crippen molar-refractivity contribution in [3.63, 3.8) is 0 Å². The van der Waals surface area contributed by atoms with E-state index in [1.54, 1.807) is 0 Å². The summed E-state index contributed by atoms with van der Waals surface area (Å²) in [5.41, 5.74) is 0. The van der Waals surface area contributed by atoms with Gasteiger partial charge in [0.2, 0.25) is 11.8 Å². The van der Waals surface area contributed by atoms with Gasteiger partial charge in [-0.25, -0.2) is 0 Å². The van der Waals surface area contributed by atoms with Crippen LogP contribution in [-0.2, 0) is 14.3 Å². The van der Waals surface area contributed by atoms with Gasteiger partial charge in [0.05, 0.1) is 19.3 Å². The fourth-order valence-electron chi connectivity index (χ4n) is 4.63. The molecule has 2 saturated heterocycles. The minimum absolute atomic E-state index is 0.00190. The van der Waals surface area contributed by atoms with Gasteiger partial charge in [-0.05, 0) is 24.7 Å². The second-order valence-corrected chi connectivity index (χ2v) is 8.44. The zero-order valence-corrected chi connectivity index (χ0v) is 16.5. The largest absolute Gasteiger partial charge is 0.378 e. The molecule has 0 N–H and O–H groups in total. The summed E-state index contributed by atoms with van der Waals surface area (Å²) >= 11 is 0. The third-order valence-electron chi connectivity index (χ3n) is 6.07. The summed E-state index contributed by atoms with van der Waals surface area (Å²) in [4.78, 5) is 32.0. The molecule has 0 aromatic carbocycles. The van der Waals surface area contributed by atoms with E-state index in [0.717, 1.165) is 52.1 Å². The lowest BCUT2D eigenvalue weighted by Gasteiger charge is -2.43. The van der Waals surface area contributed by atoms with Crippen molar-refractivity contribution in [2.24, 2.45) is 11.8 Å². The lowest BCUT2D eigenvalue weighted by atomic mass is 9.94. The van der Waals surface area contributed by atoms with Crippen LogP contribution >= 0.6 is 0 Å². The standard InChI is InChI=1S/C20H35N3O3/c1-16(2)15-18(24)21-7-9-22(10-8-21)19(17-5-3-4-6-17)20(25)23-11-13-26-14-12-23/h16-17,19H,3-15H2,1-2H3/t19-/m1/s1. The molecule has 6 nitrogen and oxygen atoms in total. The number of piperazine rings is 1. The van der Waals surface area contributed by atoms with E-state index in [2.05, 4.69) is 18.7 Å². The van der Waals surface area contributed by atoms with E-state index in [1.165, 1.54) is 12.8 Å².